The molecule has 1 atom stereocenters. The summed E-state index contributed by atoms with van der Waals surface area (Å²) in [5.41, 5.74) is 0.726. The Kier molecular flexibility index (Phi) is 6.68. The van der Waals surface area contributed by atoms with Crippen molar-refractivity contribution in [2.75, 3.05) is 11.9 Å². The zero-order chi connectivity index (χ0) is 16.5. The number of ether oxygens (including phenoxy) is 1. The number of unbranched alkanes of at least 4 members (excludes halogenated alkanes) is 1. The Hall–Kier alpha value is -2.28. The number of nitrogens with one attached hydrogen (secondary N) is 1. The lowest BCUT2D eigenvalue weighted by Gasteiger charge is -2.19. The van der Waals surface area contributed by atoms with E-state index in [9.17, 15) is 5.11 Å². The van der Waals surface area contributed by atoms with Gasteiger partial charge in [0.15, 0.2) is 11.6 Å². The van der Waals surface area contributed by atoms with Gasteiger partial charge in [-0.05, 0) is 25.5 Å². The molecule has 0 bridgehead atoms. The third kappa shape index (κ3) is 5.45. The van der Waals surface area contributed by atoms with Crippen molar-refractivity contribution in [1.82, 2.24) is 20.2 Å². The number of anilines is 1. The summed E-state index contributed by atoms with van der Waals surface area (Å²) in [5.74, 6) is 1.78. The molecular weight excluding hydrogens is 294 g/mol. The Morgan fingerprint density at radius 1 is 1.39 bits per heavy atom. The zero-order valence-electron chi connectivity index (χ0n) is 13.6. The first-order valence-electron chi connectivity index (χ1n) is 7.83. The van der Waals surface area contributed by atoms with Crippen LogP contribution in [0.2, 0.25) is 0 Å². The minimum Gasteiger partial charge on any atom is -0.482 e. The normalized spacial score (nSPS) is 12.0. The topological polar surface area (TPSA) is 93.0 Å². The lowest BCUT2D eigenvalue weighted by atomic mass is 10.1. The third-order valence-corrected chi connectivity index (χ3v) is 3.35. The van der Waals surface area contributed by atoms with Crippen LogP contribution in [0.15, 0.2) is 24.5 Å². The number of nitrogens with zero attached hydrogens (tertiary/aromatic N) is 4. The van der Waals surface area contributed by atoms with Gasteiger partial charge in [-0.1, -0.05) is 19.8 Å². The molecule has 23 heavy (non-hydrogen) atoms. The fourth-order valence-electron chi connectivity index (χ4n) is 2.08. The maximum absolute atomic E-state index is 9.52. The van der Waals surface area contributed by atoms with Crippen molar-refractivity contribution in [2.45, 2.75) is 45.8 Å². The van der Waals surface area contributed by atoms with Crippen LogP contribution >= 0.6 is 0 Å². The summed E-state index contributed by atoms with van der Waals surface area (Å²) in [7, 11) is 0. The molecule has 2 aromatic rings. The van der Waals surface area contributed by atoms with E-state index in [1.807, 2.05) is 19.1 Å². The van der Waals surface area contributed by atoms with Gasteiger partial charge in [0.05, 0.1) is 18.8 Å². The second kappa shape index (κ2) is 8.99. The van der Waals surface area contributed by atoms with Crippen LogP contribution in [0.3, 0.4) is 0 Å². The summed E-state index contributed by atoms with van der Waals surface area (Å²) in [5, 5.41) is 20.6. The summed E-state index contributed by atoms with van der Waals surface area (Å²) in [6, 6.07) is 3.60. The summed E-state index contributed by atoms with van der Waals surface area (Å²) >= 11 is 0. The predicted octanol–water partition coefficient (Wildman–Crippen LogP) is 2.12. The van der Waals surface area contributed by atoms with Crippen molar-refractivity contribution >= 4 is 5.82 Å². The molecule has 2 heterocycles. The van der Waals surface area contributed by atoms with Crippen molar-refractivity contribution in [2.24, 2.45) is 0 Å². The number of hydrogen-bond donors (Lipinski definition) is 2. The number of aryl methyl sites for hydroxylation is 1. The number of hydrogen-bond acceptors (Lipinski definition) is 7. The molecule has 0 saturated heterocycles. The molecule has 2 N–H and O–H groups in total. The van der Waals surface area contributed by atoms with Gasteiger partial charge in [0.25, 0.3) is 0 Å². The van der Waals surface area contributed by atoms with Crippen molar-refractivity contribution in [3.8, 4) is 5.75 Å². The van der Waals surface area contributed by atoms with Crippen LogP contribution in [0.1, 0.15) is 37.7 Å². The molecule has 0 spiro atoms. The van der Waals surface area contributed by atoms with Gasteiger partial charge < -0.3 is 15.2 Å². The average molecular weight is 317 g/mol. The molecule has 0 unspecified atom stereocenters. The Balaban J connectivity index is 2.07. The fraction of sp³-hybridized carbons (Fsp3) is 0.500. The minimum absolute atomic E-state index is 0.0483. The molecule has 7 nitrogen and oxygen atoms in total. The summed E-state index contributed by atoms with van der Waals surface area (Å²) < 4.78 is 5.76. The van der Waals surface area contributed by atoms with Crippen molar-refractivity contribution in [1.29, 1.82) is 0 Å². The van der Waals surface area contributed by atoms with E-state index in [0.29, 0.717) is 17.4 Å². The van der Waals surface area contributed by atoms with E-state index in [4.69, 9.17) is 4.74 Å². The van der Waals surface area contributed by atoms with Crippen molar-refractivity contribution in [3.63, 3.8) is 0 Å². The lowest BCUT2D eigenvalue weighted by Crippen LogP contribution is -2.25. The number of aliphatic hydroxyl groups is 1. The molecule has 0 radical (unpaired) electrons. The molecule has 7 heteroatoms. The highest BCUT2D eigenvalue weighted by Gasteiger charge is 2.13. The molecule has 0 aromatic carbocycles. The predicted molar refractivity (Wildman–Crippen MR) is 87.2 cm³/mol. The second-order valence-electron chi connectivity index (χ2n) is 5.30. The molecule has 0 aliphatic heterocycles. The Morgan fingerprint density at radius 3 is 2.96 bits per heavy atom. The monoisotopic (exact) mass is 317 g/mol. The summed E-state index contributed by atoms with van der Waals surface area (Å²) in [6.45, 7) is 4.27. The first-order chi connectivity index (χ1) is 11.2. The van der Waals surface area contributed by atoms with Crippen molar-refractivity contribution < 1.29 is 9.84 Å². The van der Waals surface area contributed by atoms with E-state index in [-0.39, 0.29) is 19.3 Å². The van der Waals surface area contributed by atoms with Gasteiger partial charge in [0, 0.05) is 6.20 Å². The molecule has 0 aliphatic carbocycles. The third-order valence-electron chi connectivity index (χ3n) is 3.35. The Labute approximate surface area is 136 Å². The molecule has 2 aromatic heterocycles. The highest BCUT2D eigenvalue weighted by Crippen LogP contribution is 2.23. The zero-order valence-corrected chi connectivity index (χ0v) is 13.6. The van der Waals surface area contributed by atoms with Crippen LogP contribution in [0.4, 0.5) is 5.82 Å². The van der Waals surface area contributed by atoms with Gasteiger partial charge in [0.2, 0.25) is 0 Å². The fourth-order valence-corrected chi connectivity index (χ4v) is 2.08. The van der Waals surface area contributed by atoms with E-state index >= 15 is 0 Å². The summed E-state index contributed by atoms with van der Waals surface area (Å²) in [4.78, 5) is 8.56. The van der Waals surface area contributed by atoms with Gasteiger partial charge in [-0.2, -0.15) is 10.2 Å². The number of rotatable bonds is 9. The highest BCUT2D eigenvalue weighted by atomic mass is 16.5. The quantitative estimate of drug-likeness (QED) is 0.731. The average Bonchev–Trinajstić information content (AvgIpc) is 2.58. The SMILES string of the molecule is CCCC[C@@H](CO)Nc1nc(C)ncc1OCc1cccnn1. The van der Waals surface area contributed by atoms with E-state index in [1.165, 1.54) is 0 Å². The first kappa shape index (κ1) is 17.1. The van der Waals surface area contributed by atoms with Gasteiger partial charge >= 0.3 is 0 Å². The van der Waals surface area contributed by atoms with Crippen LogP contribution in [-0.2, 0) is 6.61 Å². The number of aliphatic hydroxyl groups excluding tert-OH is 1. The summed E-state index contributed by atoms with van der Waals surface area (Å²) in [6.07, 6.45) is 6.25. The van der Waals surface area contributed by atoms with Gasteiger partial charge in [0.1, 0.15) is 18.1 Å². The molecule has 0 fully saturated rings. The standard InChI is InChI=1S/C16H23N5O2/c1-3-4-6-13(10-22)20-16-15(9-17-12(2)19-16)23-11-14-7-5-8-18-21-14/h5,7-9,13,22H,3-4,6,10-11H2,1-2H3,(H,17,19,20)/t13-/m0/s1. The maximum atomic E-state index is 9.52. The maximum Gasteiger partial charge on any atom is 0.180 e. The van der Waals surface area contributed by atoms with Gasteiger partial charge in [-0.25, -0.2) is 9.97 Å². The second-order valence-corrected chi connectivity index (χ2v) is 5.30. The molecule has 124 valence electrons. The molecular formula is C16H23N5O2. The first-order valence-corrected chi connectivity index (χ1v) is 7.83. The van der Waals surface area contributed by atoms with Crippen LogP contribution in [-0.4, -0.2) is 37.9 Å². The minimum atomic E-state index is -0.0527. The number of aromatic nitrogens is 4. The van der Waals surface area contributed by atoms with Crippen LogP contribution in [0, 0.1) is 6.92 Å². The smallest absolute Gasteiger partial charge is 0.180 e. The van der Waals surface area contributed by atoms with E-state index in [2.05, 4.69) is 32.4 Å². The Morgan fingerprint density at radius 2 is 2.26 bits per heavy atom. The van der Waals surface area contributed by atoms with E-state index < -0.39 is 0 Å². The van der Waals surface area contributed by atoms with Gasteiger partial charge in [-0.3, -0.25) is 0 Å². The largest absolute Gasteiger partial charge is 0.482 e. The van der Waals surface area contributed by atoms with E-state index in [0.717, 1.165) is 25.0 Å². The van der Waals surface area contributed by atoms with Crippen LogP contribution in [0.5, 0.6) is 5.75 Å². The Bertz CT molecular complexity index is 594. The lowest BCUT2D eigenvalue weighted by molar-refractivity contribution is 0.265. The molecule has 0 amide bonds. The molecule has 0 saturated carbocycles. The van der Waals surface area contributed by atoms with E-state index in [1.54, 1.807) is 12.4 Å². The molecule has 0 aliphatic rings. The van der Waals surface area contributed by atoms with Crippen LogP contribution in [0.25, 0.3) is 0 Å². The van der Waals surface area contributed by atoms with Crippen molar-refractivity contribution in [3.05, 3.63) is 36.0 Å². The highest BCUT2D eigenvalue weighted by molar-refractivity contribution is 5.49. The van der Waals surface area contributed by atoms with Crippen LogP contribution < -0.4 is 10.1 Å². The van der Waals surface area contributed by atoms with Gasteiger partial charge in [-0.15, -0.1) is 0 Å². The molecule has 2 rings (SSSR count).